The quantitative estimate of drug-likeness (QED) is 0.666. The highest BCUT2D eigenvalue weighted by Gasteiger charge is 2.22. The molecule has 0 unspecified atom stereocenters. The number of ether oxygens (including phenoxy) is 1. The van der Waals surface area contributed by atoms with Crippen molar-refractivity contribution in [3.05, 3.63) is 0 Å². The fraction of sp³-hybridized carbons (Fsp3) is 0.889. The van der Waals surface area contributed by atoms with Crippen molar-refractivity contribution in [2.75, 3.05) is 33.4 Å². The van der Waals surface area contributed by atoms with Gasteiger partial charge in [0.15, 0.2) is 0 Å². The van der Waals surface area contributed by atoms with Gasteiger partial charge >= 0.3 is 0 Å². The number of carbonyl (C=O) groups excluding carboxylic acids is 1. The molecule has 13 heavy (non-hydrogen) atoms. The molecule has 0 radical (unpaired) electrons. The normalized spacial score (nSPS) is 23.2. The van der Waals surface area contributed by atoms with Gasteiger partial charge in [-0.25, -0.2) is 0 Å². The first-order valence-corrected chi connectivity index (χ1v) is 4.74. The highest BCUT2D eigenvalue weighted by atomic mass is 16.5. The van der Waals surface area contributed by atoms with Crippen LogP contribution in [0.25, 0.3) is 0 Å². The van der Waals surface area contributed by atoms with Crippen molar-refractivity contribution in [1.82, 2.24) is 4.90 Å². The van der Waals surface area contributed by atoms with Gasteiger partial charge in [-0.05, 0) is 18.8 Å². The molecule has 2 N–H and O–H groups in total. The summed E-state index contributed by atoms with van der Waals surface area (Å²) in [4.78, 5) is 13.1. The van der Waals surface area contributed by atoms with Gasteiger partial charge in [-0.15, -0.1) is 0 Å². The Morgan fingerprint density at radius 3 is 3.08 bits per heavy atom. The van der Waals surface area contributed by atoms with Crippen LogP contribution in [0.15, 0.2) is 0 Å². The molecule has 0 aliphatic carbocycles. The van der Waals surface area contributed by atoms with Crippen molar-refractivity contribution < 1.29 is 9.53 Å². The zero-order chi connectivity index (χ0) is 9.68. The Balaban J connectivity index is 2.37. The van der Waals surface area contributed by atoms with E-state index in [4.69, 9.17) is 10.5 Å². The number of carbonyl (C=O) groups is 1. The van der Waals surface area contributed by atoms with Gasteiger partial charge in [-0.1, -0.05) is 0 Å². The van der Waals surface area contributed by atoms with E-state index in [1.807, 2.05) is 4.90 Å². The van der Waals surface area contributed by atoms with Gasteiger partial charge in [0.1, 0.15) is 0 Å². The van der Waals surface area contributed by atoms with Gasteiger partial charge in [0.25, 0.3) is 0 Å². The van der Waals surface area contributed by atoms with Gasteiger partial charge in [0, 0.05) is 20.2 Å². The molecule has 1 aliphatic heterocycles. The van der Waals surface area contributed by atoms with Crippen molar-refractivity contribution in [3.8, 4) is 0 Å². The van der Waals surface area contributed by atoms with Gasteiger partial charge in [-0.2, -0.15) is 0 Å². The molecule has 1 atom stereocenters. The van der Waals surface area contributed by atoms with Gasteiger partial charge in [-0.3, -0.25) is 4.79 Å². The van der Waals surface area contributed by atoms with E-state index in [0.29, 0.717) is 5.92 Å². The summed E-state index contributed by atoms with van der Waals surface area (Å²) >= 11 is 0. The smallest absolute Gasteiger partial charge is 0.236 e. The highest BCUT2D eigenvalue weighted by Crippen LogP contribution is 2.16. The van der Waals surface area contributed by atoms with Crippen LogP contribution in [0.4, 0.5) is 0 Å². The number of hydrogen-bond acceptors (Lipinski definition) is 3. The van der Waals surface area contributed by atoms with E-state index in [1.165, 1.54) is 0 Å². The Labute approximate surface area is 79.0 Å². The summed E-state index contributed by atoms with van der Waals surface area (Å²) in [6.45, 7) is 2.54. The van der Waals surface area contributed by atoms with E-state index in [9.17, 15) is 4.79 Å². The minimum absolute atomic E-state index is 0.0563. The summed E-state index contributed by atoms with van der Waals surface area (Å²) in [6, 6.07) is 0. The fourth-order valence-electron chi connectivity index (χ4n) is 1.79. The summed E-state index contributed by atoms with van der Waals surface area (Å²) in [5, 5.41) is 0. The zero-order valence-electron chi connectivity index (χ0n) is 8.16. The Kier molecular flexibility index (Phi) is 4.18. The molecule has 0 bridgehead atoms. The van der Waals surface area contributed by atoms with Crippen molar-refractivity contribution in [1.29, 1.82) is 0 Å². The molecule has 0 aromatic carbocycles. The lowest BCUT2D eigenvalue weighted by atomic mass is 9.99. The van der Waals surface area contributed by atoms with Crippen molar-refractivity contribution in [3.63, 3.8) is 0 Å². The first-order chi connectivity index (χ1) is 6.27. The molecular formula is C9H18N2O2. The topological polar surface area (TPSA) is 55.6 Å². The van der Waals surface area contributed by atoms with Crippen LogP contribution in [0.5, 0.6) is 0 Å². The molecule has 1 heterocycles. The van der Waals surface area contributed by atoms with Crippen LogP contribution in [0.1, 0.15) is 12.8 Å². The van der Waals surface area contributed by atoms with E-state index < -0.39 is 0 Å². The maximum atomic E-state index is 11.3. The van der Waals surface area contributed by atoms with Crippen LogP contribution in [-0.2, 0) is 9.53 Å². The Morgan fingerprint density at radius 1 is 1.69 bits per heavy atom. The number of likely N-dealkylation sites (tertiary alicyclic amines) is 1. The Hall–Kier alpha value is -0.610. The van der Waals surface area contributed by atoms with Crippen molar-refractivity contribution >= 4 is 5.91 Å². The monoisotopic (exact) mass is 186 g/mol. The average molecular weight is 186 g/mol. The number of nitrogens with two attached hydrogens (primary N) is 1. The minimum atomic E-state index is 0.0563. The second kappa shape index (κ2) is 5.19. The maximum absolute atomic E-state index is 11.3. The lowest BCUT2D eigenvalue weighted by Gasteiger charge is -2.32. The third kappa shape index (κ3) is 2.97. The average Bonchev–Trinajstić information content (AvgIpc) is 2.18. The van der Waals surface area contributed by atoms with E-state index in [0.717, 1.165) is 32.5 Å². The second-order valence-corrected chi connectivity index (χ2v) is 3.51. The third-order valence-electron chi connectivity index (χ3n) is 2.45. The molecular weight excluding hydrogens is 168 g/mol. The molecule has 1 rings (SSSR count). The molecule has 76 valence electrons. The molecule has 4 heteroatoms. The van der Waals surface area contributed by atoms with E-state index in [-0.39, 0.29) is 12.5 Å². The number of hydrogen-bond donors (Lipinski definition) is 1. The van der Waals surface area contributed by atoms with Crippen molar-refractivity contribution in [2.24, 2.45) is 11.7 Å². The SMILES string of the molecule is COC[C@@H]1CCCN(C(=O)CN)C1. The number of piperidine rings is 1. The van der Waals surface area contributed by atoms with Crippen molar-refractivity contribution in [2.45, 2.75) is 12.8 Å². The first-order valence-electron chi connectivity index (χ1n) is 4.74. The third-order valence-corrected chi connectivity index (χ3v) is 2.45. The molecule has 1 saturated heterocycles. The van der Waals surface area contributed by atoms with Crippen LogP contribution in [-0.4, -0.2) is 44.2 Å². The minimum Gasteiger partial charge on any atom is -0.384 e. The predicted molar refractivity (Wildman–Crippen MR) is 50.2 cm³/mol. The highest BCUT2D eigenvalue weighted by molar-refractivity contribution is 5.78. The molecule has 1 amide bonds. The molecule has 0 aromatic rings. The molecule has 1 aliphatic rings. The summed E-state index contributed by atoms with van der Waals surface area (Å²) in [5.74, 6) is 0.551. The van der Waals surface area contributed by atoms with Gasteiger partial charge < -0.3 is 15.4 Å². The molecule has 0 spiro atoms. The fourth-order valence-corrected chi connectivity index (χ4v) is 1.79. The zero-order valence-corrected chi connectivity index (χ0v) is 8.16. The number of methoxy groups -OCH3 is 1. The lowest BCUT2D eigenvalue weighted by Crippen LogP contribution is -2.43. The van der Waals surface area contributed by atoms with Crippen LogP contribution in [0, 0.1) is 5.92 Å². The summed E-state index contributed by atoms with van der Waals surface area (Å²) in [6.07, 6.45) is 2.22. The second-order valence-electron chi connectivity index (χ2n) is 3.51. The van der Waals surface area contributed by atoms with E-state index in [2.05, 4.69) is 0 Å². The molecule has 0 aromatic heterocycles. The number of amides is 1. The standard InChI is InChI=1S/C9H18N2O2/c1-13-7-8-3-2-4-11(6-8)9(12)5-10/h8H,2-7,10H2,1H3/t8-/m1/s1. The Morgan fingerprint density at radius 2 is 2.46 bits per heavy atom. The van der Waals surface area contributed by atoms with Crippen LogP contribution < -0.4 is 5.73 Å². The van der Waals surface area contributed by atoms with Gasteiger partial charge in [0.05, 0.1) is 13.2 Å². The lowest BCUT2D eigenvalue weighted by molar-refractivity contribution is -0.131. The molecule has 4 nitrogen and oxygen atoms in total. The van der Waals surface area contributed by atoms with Crippen LogP contribution >= 0.6 is 0 Å². The molecule has 1 fully saturated rings. The van der Waals surface area contributed by atoms with Crippen LogP contribution in [0.2, 0.25) is 0 Å². The van der Waals surface area contributed by atoms with Gasteiger partial charge in [0.2, 0.25) is 5.91 Å². The predicted octanol–water partition coefficient (Wildman–Crippen LogP) is -0.170. The summed E-state index contributed by atoms with van der Waals surface area (Å²) < 4.78 is 5.07. The van der Waals surface area contributed by atoms with E-state index >= 15 is 0 Å². The Bertz CT molecular complexity index is 171. The number of rotatable bonds is 3. The first kappa shape index (κ1) is 10.5. The molecule has 0 saturated carbocycles. The maximum Gasteiger partial charge on any atom is 0.236 e. The summed E-state index contributed by atoms with van der Waals surface area (Å²) in [7, 11) is 1.70. The number of nitrogens with zero attached hydrogens (tertiary/aromatic N) is 1. The van der Waals surface area contributed by atoms with Crippen LogP contribution in [0.3, 0.4) is 0 Å². The largest absolute Gasteiger partial charge is 0.384 e. The summed E-state index contributed by atoms with van der Waals surface area (Å²) in [5.41, 5.74) is 5.30. The van der Waals surface area contributed by atoms with E-state index in [1.54, 1.807) is 7.11 Å².